The molecule has 11 nitrogen and oxygen atoms in total. The van der Waals surface area contributed by atoms with Gasteiger partial charge in [-0.05, 0) is 12.8 Å². The van der Waals surface area contributed by atoms with Crippen LogP contribution in [0.3, 0.4) is 0 Å². The van der Waals surface area contributed by atoms with Crippen LogP contribution in [0.4, 0.5) is 21.7 Å². The minimum absolute atomic E-state index is 0.0558. The maximum atomic E-state index is 14.1. The van der Waals surface area contributed by atoms with Gasteiger partial charge in [0.2, 0.25) is 0 Å². The van der Waals surface area contributed by atoms with Crippen LogP contribution in [0.25, 0.3) is 5.65 Å². The number of hydrogen-bond donors (Lipinski definition) is 4. The highest BCUT2D eigenvalue weighted by Gasteiger charge is 2.31. The van der Waals surface area contributed by atoms with Gasteiger partial charge >= 0.3 is 0 Å². The third-order valence-corrected chi connectivity index (χ3v) is 5.73. The van der Waals surface area contributed by atoms with E-state index in [1.807, 2.05) is 0 Å². The number of carbonyl (C=O) groups excluding carboxylic acids is 1. The molecule has 0 bridgehead atoms. The highest BCUT2D eigenvalue weighted by Crippen LogP contribution is 2.40. The molecule has 12 heteroatoms. The summed E-state index contributed by atoms with van der Waals surface area (Å²) in [6.45, 7) is 0.699. The molecule has 2 aliphatic rings. The molecule has 33 heavy (non-hydrogen) atoms. The fraction of sp³-hybridized carbons (Fsp3) is 0.381. The highest BCUT2D eigenvalue weighted by atomic mass is 19.1. The Morgan fingerprint density at radius 2 is 2.09 bits per heavy atom. The van der Waals surface area contributed by atoms with E-state index in [1.165, 1.54) is 22.8 Å². The summed E-state index contributed by atoms with van der Waals surface area (Å²) in [7, 11) is 3.38. The number of amides is 1. The van der Waals surface area contributed by atoms with E-state index in [4.69, 9.17) is 14.2 Å². The first kappa shape index (κ1) is 21.2. The largest absolute Gasteiger partial charge is 0.486 e. The van der Waals surface area contributed by atoms with Crippen molar-refractivity contribution in [1.29, 1.82) is 0 Å². The molecule has 0 saturated heterocycles. The summed E-state index contributed by atoms with van der Waals surface area (Å²) in [4.78, 5) is 17.4. The molecular weight excluding hydrogens is 433 g/mol. The molecule has 0 unspecified atom stereocenters. The Kier molecular flexibility index (Phi) is 5.60. The lowest BCUT2D eigenvalue weighted by molar-refractivity contribution is 0.00166. The quantitative estimate of drug-likeness (QED) is 0.394. The number of hydrazine groups is 1. The zero-order valence-corrected chi connectivity index (χ0v) is 18.1. The Hall–Kier alpha value is -3.64. The molecule has 1 saturated carbocycles. The summed E-state index contributed by atoms with van der Waals surface area (Å²) in [6.07, 6.45) is 3.37. The van der Waals surface area contributed by atoms with Gasteiger partial charge in [0.1, 0.15) is 36.2 Å². The number of halogens is 1. The van der Waals surface area contributed by atoms with E-state index in [2.05, 4.69) is 31.6 Å². The first-order valence-electron chi connectivity index (χ1n) is 10.6. The Morgan fingerprint density at radius 3 is 2.85 bits per heavy atom. The number of methoxy groups -OCH3 is 1. The van der Waals surface area contributed by atoms with Gasteiger partial charge in [0.15, 0.2) is 17.1 Å². The average molecular weight is 457 g/mol. The Morgan fingerprint density at radius 1 is 1.24 bits per heavy atom. The van der Waals surface area contributed by atoms with Crippen molar-refractivity contribution in [2.24, 2.45) is 0 Å². The maximum Gasteiger partial charge on any atom is 0.270 e. The topological polar surface area (TPSA) is 123 Å². The number of ether oxygens (including phenoxy) is 3. The molecule has 174 valence electrons. The third kappa shape index (κ3) is 3.98. The summed E-state index contributed by atoms with van der Waals surface area (Å²) in [5.74, 6) is 0.819. The van der Waals surface area contributed by atoms with Crippen LogP contribution in [0, 0.1) is 5.82 Å². The van der Waals surface area contributed by atoms with Crippen LogP contribution in [0.5, 0.6) is 11.5 Å². The van der Waals surface area contributed by atoms with Gasteiger partial charge in [0.05, 0.1) is 24.0 Å². The van der Waals surface area contributed by atoms with Crippen LogP contribution in [-0.2, 0) is 4.74 Å². The van der Waals surface area contributed by atoms with E-state index < -0.39 is 5.82 Å². The van der Waals surface area contributed by atoms with Gasteiger partial charge < -0.3 is 24.8 Å². The minimum Gasteiger partial charge on any atom is -0.486 e. The van der Waals surface area contributed by atoms with Crippen molar-refractivity contribution < 1.29 is 23.4 Å². The van der Waals surface area contributed by atoms with Crippen molar-refractivity contribution in [1.82, 2.24) is 25.4 Å². The van der Waals surface area contributed by atoms with Gasteiger partial charge in [-0.15, -0.1) is 0 Å². The summed E-state index contributed by atoms with van der Waals surface area (Å²) in [5.41, 5.74) is 6.68. The molecule has 0 radical (unpaired) electrons. The monoisotopic (exact) mass is 457 g/mol. The molecule has 4 N–H and O–H groups in total. The molecule has 3 heterocycles. The van der Waals surface area contributed by atoms with Gasteiger partial charge in [-0.25, -0.2) is 14.8 Å². The molecule has 2 aromatic heterocycles. The molecule has 5 rings (SSSR count). The molecule has 1 aromatic carbocycles. The molecule has 1 amide bonds. The highest BCUT2D eigenvalue weighted by molar-refractivity contribution is 5.99. The minimum atomic E-state index is -0.475. The van der Waals surface area contributed by atoms with Crippen LogP contribution >= 0.6 is 0 Å². The van der Waals surface area contributed by atoms with E-state index in [0.29, 0.717) is 47.7 Å². The fourth-order valence-electron chi connectivity index (χ4n) is 3.86. The van der Waals surface area contributed by atoms with Crippen molar-refractivity contribution in [3.05, 3.63) is 35.8 Å². The van der Waals surface area contributed by atoms with Crippen molar-refractivity contribution in [2.75, 3.05) is 38.0 Å². The smallest absolute Gasteiger partial charge is 0.270 e. The first-order valence-corrected chi connectivity index (χ1v) is 10.6. The number of hydrogen-bond acceptors (Lipinski definition) is 9. The summed E-state index contributed by atoms with van der Waals surface area (Å²) < 4.78 is 32.1. The predicted molar refractivity (Wildman–Crippen MR) is 118 cm³/mol. The molecule has 3 aromatic rings. The van der Waals surface area contributed by atoms with Gasteiger partial charge in [-0.2, -0.15) is 9.61 Å². The second kappa shape index (κ2) is 8.71. The van der Waals surface area contributed by atoms with Crippen LogP contribution in [0.15, 0.2) is 24.4 Å². The summed E-state index contributed by atoms with van der Waals surface area (Å²) in [6, 6.07) is 4.33. The molecule has 1 fully saturated rings. The zero-order chi connectivity index (χ0) is 22.9. The Balaban J connectivity index is 1.44. The molecule has 0 spiro atoms. The number of aromatic nitrogens is 3. The Labute approximate surface area is 188 Å². The van der Waals surface area contributed by atoms with Gasteiger partial charge in [-0.1, -0.05) is 0 Å². The lowest BCUT2D eigenvalue weighted by Crippen LogP contribution is -2.55. The second-order valence-corrected chi connectivity index (χ2v) is 7.73. The van der Waals surface area contributed by atoms with Crippen LogP contribution in [-0.4, -0.2) is 60.0 Å². The summed E-state index contributed by atoms with van der Waals surface area (Å²) >= 11 is 0. The maximum absolute atomic E-state index is 14.1. The van der Waals surface area contributed by atoms with Crippen molar-refractivity contribution in [3.63, 3.8) is 0 Å². The van der Waals surface area contributed by atoms with E-state index in [9.17, 15) is 9.18 Å². The molecule has 2 atom stereocenters. The van der Waals surface area contributed by atoms with Crippen LogP contribution in [0.2, 0.25) is 0 Å². The molecule has 1 aliphatic carbocycles. The number of anilines is 3. The van der Waals surface area contributed by atoms with Gasteiger partial charge in [0, 0.05) is 32.4 Å². The normalized spacial score (nSPS) is 19.1. The number of benzene rings is 1. The van der Waals surface area contributed by atoms with E-state index in [1.54, 1.807) is 20.2 Å². The van der Waals surface area contributed by atoms with Gasteiger partial charge in [-0.3, -0.25) is 10.2 Å². The zero-order valence-electron chi connectivity index (χ0n) is 18.1. The lowest BCUT2D eigenvalue weighted by Gasteiger charge is -2.35. The van der Waals surface area contributed by atoms with Crippen molar-refractivity contribution >= 4 is 28.9 Å². The second-order valence-electron chi connectivity index (χ2n) is 7.73. The fourth-order valence-corrected chi connectivity index (χ4v) is 3.86. The standard InChI is InChI=1S/C21H24FN7O4/c1-23-18-9-17(25-14-7-11(22)8-16-19(14)33-6-5-32-16)26-20-12(10-24-29(18)20)21(30)28-27-13-3-4-15(13)31-2/h7-10,13,15,23,27H,3-6H2,1-2H3,(H,25,26)(H,28,30)/t13-,15-/m1/s1. The van der Waals surface area contributed by atoms with Crippen molar-refractivity contribution in [2.45, 2.75) is 25.0 Å². The molecular formula is C21H24FN7O4. The van der Waals surface area contributed by atoms with E-state index >= 15 is 0 Å². The van der Waals surface area contributed by atoms with E-state index in [-0.39, 0.29) is 23.6 Å². The van der Waals surface area contributed by atoms with Crippen LogP contribution < -0.4 is 31.0 Å². The average Bonchev–Trinajstić information content (AvgIpc) is 3.22. The Bertz CT molecular complexity index is 1200. The number of nitrogens with zero attached hydrogens (tertiary/aromatic N) is 3. The van der Waals surface area contributed by atoms with Crippen LogP contribution in [0.1, 0.15) is 23.2 Å². The predicted octanol–water partition coefficient (Wildman–Crippen LogP) is 1.84. The van der Waals surface area contributed by atoms with Gasteiger partial charge in [0.25, 0.3) is 5.91 Å². The SMILES string of the molecule is CNc1cc(Nc2cc(F)cc3c2OCCO3)nc2c(C(=O)NN[C@@H]3CC[C@H]3OC)cnn12. The third-order valence-electron chi connectivity index (χ3n) is 5.73. The number of nitrogens with one attached hydrogen (secondary N) is 4. The number of carbonyl (C=O) groups is 1. The lowest BCUT2D eigenvalue weighted by atomic mass is 9.90. The first-order chi connectivity index (χ1) is 16.1. The molecule has 1 aliphatic heterocycles. The van der Waals surface area contributed by atoms with Crippen molar-refractivity contribution in [3.8, 4) is 11.5 Å². The number of rotatable bonds is 7. The summed E-state index contributed by atoms with van der Waals surface area (Å²) in [5, 5.41) is 10.4. The number of fused-ring (bicyclic) bond motifs is 2. The van der Waals surface area contributed by atoms with E-state index in [0.717, 1.165) is 12.8 Å².